The first-order chi connectivity index (χ1) is 8.60. The zero-order valence-electron chi connectivity index (χ0n) is 10.1. The van der Waals surface area contributed by atoms with Crippen LogP contribution in [-0.2, 0) is 9.59 Å². The Kier molecular flexibility index (Phi) is 1.83. The summed E-state index contributed by atoms with van der Waals surface area (Å²) in [6.07, 6.45) is 5.17. The Labute approximate surface area is 105 Å². The number of carbonyl (C=O) groups excluding carboxylic acids is 3. The lowest BCUT2D eigenvalue weighted by Crippen LogP contribution is -2.71. The number of hydrogen-bond donors (Lipinski definition) is 2. The van der Waals surface area contributed by atoms with Gasteiger partial charge in [-0.15, -0.1) is 0 Å². The van der Waals surface area contributed by atoms with Crippen LogP contribution >= 0.6 is 0 Å². The van der Waals surface area contributed by atoms with Crippen LogP contribution in [0.4, 0.5) is 4.79 Å². The molecular weight excluding hydrogens is 232 g/mol. The molecule has 0 aromatic rings. The molecule has 2 N–H and O–H groups in total. The lowest BCUT2D eigenvalue weighted by atomic mass is 9.44. The number of hydrogen-bond acceptors (Lipinski definition) is 3. The number of imide groups is 2. The van der Waals surface area contributed by atoms with Crippen LogP contribution in [0.3, 0.4) is 0 Å². The van der Waals surface area contributed by atoms with Gasteiger partial charge in [-0.3, -0.25) is 20.2 Å². The van der Waals surface area contributed by atoms with Crippen molar-refractivity contribution < 1.29 is 14.4 Å². The van der Waals surface area contributed by atoms with Crippen molar-refractivity contribution in [1.29, 1.82) is 0 Å². The molecule has 0 aromatic carbocycles. The molecule has 1 aliphatic heterocycles. The van der Waals surface area contributed by atoms with Crippen LogP contribution in [0.1, 0.15) is 32.1 Å². The Morgan fingerprint density at radius 2 is 1.22 bits per heavy atom. The van der Waals surface area contributed by atoms with Crippen molar-refractivity contribution in [2.45, 2.75) is 32.1 Å². The Bertz CT molecular complexity index is 421. The predicted octanol–water partition coefficient (Wildman–Crippen LogP) is 0.795. The Morgan fingerprint density at radius 1 is 0.778 bits per heavy atom. The fourth-order valence-electron chi connectivity index (χ4n) is 5.22. The molecule has 1 saturated heterocycles. The van der Waals surface area contributed by atoms with Crippen LogP contribution in [0, 0.1) is 29.1 Å². The Morgan fingerprint density at radius 3 is 1.67 bits per heavy atom. The SMILES string of the molecule is O=C1NC(=O)C2(C(=O)N1)C1CC3CC(C1)CC2C3. The zero-order valence-corrected chi connectivity index (χ0v) is 10.1. The molecule has 4 bridgehead atoms. The third-order valence-electron chi connectivity index (χ3n) is 5.63. The highest BCUT2D eigenvalue weighted by Gasteiger charge is 2.66. The summed E-state index contributed by atoms with van der Waals surface area (Å²) in [6, 6.07) is -0.663. The molecule has 5 aliphatic rings. The first kappa shape index (κ1) is 10.5. The van der Waals surface area contributed by atoms with Gasteiger partial charge in [0.25, 0.3) is 0 Å². The topological polar surface area (TPSA) is 75.3 Å². The predicted molar refractivity (Wildman–Crippen MR) is 61.2 cm³/mol. The lowest BCUT2D eigenvalue weighted by molar-refractivity contribution is -0.172. The number of urea groups is 1. The van der Waals surface area contributed by atoms with E-state index < -0.39 is 11.4 Å². The van der Waals surface area contributed by atoms with E-state index in [1.54, 1.807) is 0 Å². The average Bonchev–Trinajstić information content (AvgIpc) is 2.26. The monoisotopic (exact) mass is 248 g/mol. The highest BCUT2D eigenvalue weighted by atomic mass is 16.2. The van der Waals surface area contributed by atoms with Gasteiger partial charge in [0.2, 0.25) is 11.8 Å². The highest BCUT2D eigenvalue weighted by Crippen LogP contribution is 2.62. The van der Waals surface area contributed by atoms with Gasteiger partial charge in [-0.25, -0.2) is 4.79 Å². The third kappa shape index (κ3) is 1.06. The maximum Gasteiger partial charge on any atom is 0.328 e. The molecule has 1 heterocycles. The van der Waals surface area contributed by atoms with Crippen LogP contribution in [0.15, 0.2) is 0 Å². The second-order valence-corrected chi connectivity index (χ2v) is 6.41. The van der Waals surface area contributed by atoms with Crippen molar-refractivity contribution in [1.82, 2.24) is 10.6 Å². The normalized spacial score (nSPS) is 44.1. The standard InChI is InChI=1S/C13H16N2O3/c16-10-13(11(17)15-12(18)14-10)8-2-6-1-7(4-8)5-9(13)3-6/h6-9H,1-5H2,(H2,14,15,16,17,18). The molecule has 4 aliphatic carbocycles. The number of barbiturate groups is 1. The molecule has 4 amide bonds. The molecule has 4 saturated carbocycles. The molecule has 0 aromatic heterocycles. The smallest absolute Gasteiger partial charge is 0.277 e. The summed E-state index contributed by atoms with van der Waals surface area (Å²) in [4.78, 5) is 35.9. The zero-order chi connectivity index (χ0) is 12.5. The van der Waals surface area contributed by atoms with Crippen molar-refractivity contribution in [3.8, 4) is 0 Å². The second-order valence-electron chi connectivity index (χ2n) is 6.41. The molecule has 0 radical (unpaired) electrons. The molecule has 0 atom stereocenters. The molecule has 1 spiro atoms. The van der Waals surface area contributed by atoms with Crippen molar-refractivity contribution in [2.75, 3.05) is 0 Å². The first-order valence-corrected chi connectivity index (χ1v) is 6.77. The number of amides is 4. The van der Waals surface area contributed by atoms with E-state index in [4.69, 9.17) is 0 Å². The van der Waals surface area contributed by atoms with Crippen LogP contribution in [0.5, 0.6) is 0 Å². The van der Waals surface area contributed by atoms with E-state index >= 15 is 0 Å². The minimum absolute atomic E-state index is 0.141. The lowest BCUT2D eigenvalue weighted by Gasteiger charge is -2.59. The van der Waals surface area contributed by atoms with E-state index in [0.717, 1.165) is 25.7 Å². The summed E-state index contributed by atoms with van der Waals surface area (Å²) in [5.74, 6) is 0.978. The first-order valence-electron chi connectivity index (χ1n) is 6.77. The van der Waals surface area contributed by atoms with E-state index in [0.29, 0.717) is 11.8 Å². The van der Waals surface area contributed by atoms with Gasteiger partial charge in [0.05, 0.1) is 0 Å². The van der Waals surface area contributed by atoms with Gasteiger partial charge in [-0.1, -0.05) is 0 Å². The van der Waals surface area contributed by atoms with Crippen molar-refractivity contribution in [2.24, 2.45) is 29.1 Å². The number of nitrogens with one attached hydrogen (secondary N) is 2. The van der Waals surface area contributed by atoms with E-state index in [-0.39, 0.29) is 23.7 Å². The van der Waals surface area contributed by atoms with Crippen molar-refractivity contribution in [3.63, 3.8) is 0 Å². The van der Waals surface area contributed by atoms with E-state index in [2.05, 4.69) is 10.6 Å². The number of carbonyl (C=O) groups is 3. The summed E-state index contributed by atoms with van der Waals surface area (Å²) in [7, 11) is 0. The minimum Gasteiger partial charge on any atom is -0.277 e. The largest absolute Gasteiger partial charge is 0.328 e. The van der Waals surface area contributed by atoms with Crippen molar-refractivity contribution >= 4 is 17.8 Å². The summed E-state index contributed by atoms with van der Waals surface area (Å²) in [6.45, 7) is 0. The fraction of sp³-hybridized carbons (Fsp3) is 0.769. The van der Waals surface area contributed by atoms with Crippen molar-refractivity contribution in [3.05, 3.63) is 0 Å². The van der Waals surface area contributed by atoms with Gasteiger partial charge in [-0.05, 0) is 55.8 Å². The molecule has 5 heteroatoms. The van der Waals surface area contributed by atoms with Gasteiger partial charge in [0.15, 0.2) is 0 Å². The molecule has 5 rings (SSSR count). The fourth-order valence-corrected chi connectivity index (χ4v) is 5.22. The van der Waals surface area contributed by atoms with Gasteiger partial charge in [0, 0.05) is 0 Å². The Hall–Kier alpha value is -1.39. The van der Waals surface area contributed by atoms with Crippen LogP contribution < -0.4 is 10.6 Å². The molecule has 96 valence electrons. The summed E-state index contributed by atoms with van der Waals surface area (Å²) in [5, 5.41) is 4.64. The molecular formula is C13H16N2O3. The molecule has 18 heavy (non-hydrogen) atoms. The van der Waals surface area contributed by atoms with Crippen LogP contribution in [0.25, 0.3) is 0 Å². The van der Waals surface area contributed by atoms with Gasteiger partial charge in [-0.2, -0.15) is 0 Å². The van der Waals surface area contributed by atoms with E-state index in [1.165, 1.54) is 6.42 Å². The maximum absolute atomic E-state index is 12.3. The highest BCUT2D eigenvalue weighted by molar-refractivity contribution is 6.19. The van der Waals surface area contributed by atoms with Gasteiger partial charge in [0.1, 0.15) is 5.41 Å². The van der Waals surface area contributed by atoms with Crippen LogP contribution in [0.2, 0.25) is 0 Å². The average molecular weight is 248 g/mol. The molecule has 0 unspecified atom stereocenters. The summed E-state index contributed by atoms with van der Waals surface area (Å²) >= 11 is 0. The van der Waals surface area contributed by atoms with Gasteiger partial charge < -0.3 is 0 Å². The summed E-state index contributed by atoms with van der Waals surface area (Å²) in [5.41, 5.74) is -0.943. The molecule has 5 fully saturated rings. The Balaban J connectivity index is 1.80. The second kappa shape index (κ2) is 3.13. The minimum atomic E-state index is -0.943. The van der Waals surface area contributed by atoms with Crippen LogP contribution in [-0.4, -0.2) is 17.8 Å². The van der Waals surface area contributed by atoms with E-state index in [1.807, 2.05) is 0 Å². The summed E-state index contributed by atoms with van der Waals surface area (Å²) < 4.78 is 0. The van der Waals surface area contributed by atoms with E-state index in [9.17, 15) is 14.4 Å². The third-order valence-corrected chi connectivity index (χ3v) is 5.63. The van der Waals surface area contributed by atoms with Gasteiger partial charge >= 0.3 is 6.03 Å². The quantitative estimate of drug-likeness (QED) is 0.622. The number of rotatable bonds is 0. The molecule has 5 nitrogen and oxygen atoms in total. The maximum atomic E-state index is 12.3.